The maximum Gasteiger partial charge on any atom is 0.214 e. The summed E-state index contributed by atoms with van der Waals surface area (Å²) >= 11 is 0. The molecule has 8 nitrogen and oxygen atoms in total. The molecule has 1 heterocycles. The summed E-state index contributed by atoms with van der Waals surface area (Å²) in [5.74, 6) is 3.62. The van der Waals surface area contributed by atoms with Gasteiger partial charge < -0.3 is 29.4 Å². The molecule has 0 fully saturated rings. The van der Waals surface area contributed by atoms with Crippen molar-refractivity contribution in [3.8, 4) is 11.5 Å². The topological polar surface area (TPSA) is 84.2 Å². The summed E-state index contributed by atoms with van der Waals surface area (Å²) in [4.78, 5) is 10.9. The van der Waals surface area contributed by atoms with Crippen LogP contribution in [0, 0.1) is 13.8 Å². The molecule has 2 rings (SSSR count). The standard InChI is InChI=1S/C22H35N5O3/c1-7-27(8-2)11-12-29-19-10-9-18(13-20(19)28-6)14-24-22(23-5)25-15-21-26-16(3)17(4)30-21/h9-10,13H,7-8,11-12,14-15H2,1-6H3,(H2,23,24,25). The van der Waals surface area contributed by atoms with E-state index in [0.717, 1.165) is 48.2 Å². The van der Waals surface area contributed by atoms with Crippen molar-refractivity contribution in [3.63, 3.8) is 0 Å². The minimum atomic E-state index is 0.469. The van der Waals surface area contributed by atoms with E-state index in [0.29, 0.717) is 31.5 Å². The summed E-state index contributed by atoms with van der Waals surface area (Å²) in [6.07, 6.45) is 0. The molecule has 0 unspecified atom stereocenters. The van der Waals surface area contributed by atoms with Gasteiger partial charge in [0.15, 0.2) is 17.5 Å². The van der Waals surface area contributed by atoms with Gasteiger partial charge in [0.05, 0.1) is 19.3 Å². The van der Waals surface area contributed by atoms with Gasteiger partial charge in [0.2, 0.25) is 5.89 Å². The number of nitrogens with one attached hydrogen (secondary N) is 2. The second-order valence-electron chi connectivity index (χ2n) is 6.89. The van der Waals surface area contributed by atoms with Crippen LogP contribution in [0.3, 0.4) is 0 Å². The maximum absolute atomic E-state index is 5.92. The number of guanidine groups is 1. The Labute approximate surface area is 179 Å². The zero-order chi connectivity index (χ0) is 21.9. The van der Waals surface area contributed by atoms with Crippen LogP contribution in [0.2, 0.25) is 0 Å². The Balaban J connectivity index is 1.87. The quantitative estimate of drug-likeness (QED) is 0.430. The van der Waals surface area contributed by atoms with Crippen LogP contribution in [-0.2, 0) is 13.1 Å². The van der Waals surface area contributed by atoms with Crippen molar-refractivity contribution >= 4 is 5.96 Å². The highest BCUT2D eigenvalue weighted by Gasteiger charge is 2.09. The average molecular weight is 418 g/mol. The van der Waals surface area contributed by atoms with Crippen LogP contribution in [0.5, 0.6) is 11.5 Å². The van der Waals surface area contributed by atoms with Crippen LogP contribution >= 0.6 is 0 Å². The zero-order valence-corrected chi connectivity index (χ0v) is 19.0. The number of nitrogens with zero attached hydrogens (tertiary/aromatic N) is 3. The first kappa shape index (κ1) is 23.5. The Bertz CT molecular complexity index is 796. The summed E-state index contributed by atoms with van der Waals surface area (Å²) in [5, 5.41) is 6.50. The molecule has 2 aromatic rings. The molecule has 0 amide bonds. The number of aromatic nitrogens is 1. The molecule has 0 saturated heterocycles. The molecule has 2 N–H and O–H groups in total. The molecule has 1 aromatic carbocycles. The molecule has 30 heavy (non-hydrogen) atoms. The summed E-state index contributed by atoms with van der Waals surface area (Å²) in [6.45, 7) is 12.8. The highest BCUT2D eigenvalue weighted by molar-refractivity contribution is 5.79. The number of aryl methyl sites for hydroxylation is 2. The predicted octanol–water partition coefficient (Wildman–Crippen LogP) is 2.89. The van der Waals surface area contributed by atoms with E-state index in [2.05, 4.69) is 39.4 Å². The lowest BCUT2D eigenvalue weighted by atomic mass is 10.2. The number of benzene rings is 1. The average Bonchev–Trinajstić information content (AvgIpc) is 3.09. The normalized spacial score (nSPS) is 11.6. The summed E-state index contributed by atoms with van der Waals surface area (Å²) < 4.78 is 17.0. The van der Waals surface area contributed by atoms with Crippen LogP contribution in [0.15, 0.2) is 27.6 Å². The molecule has 0 spiro atoms. The summed E-state index contributed by atoms with van der Waals surface area (Å²) in [6, 6.07) is 5.96. The third kappa shape index (κ3) is 6.95. The molecule has 0 bridgehead atoms. The Morgan fingerprint density at radius 1 is 1.13 bits per heavy atom. The van der Waals surface area contributed by atoms with E-state index < -0.39 is 0 Å². The number of aliphatic imine (C=N–C) groups is 1. The third-order valence-electron chi connectivity index (χ3n) is 4.95. The second kappa shape index (κ2) is 12.1. The smallest absolute Gasteiger partial charge is 0.214 e. The first-order valence-corrected chi connectivity index (χ1v) is 10.4. The maximum atomic E-state index is 5.92. The van der Waals surface area contributed by atoms with Crippen molar-refractivity contribution in [3.05, 3.63) is 41.1 Å². The van der Waals surface area contributed by atoms with E-state index in [1.807, 2.05) is 32.0 Å². The van der Waals surface area contributed by atoms with Gasteiger partial charge >= 0.3 is 0 Å². The predicted molar refractivity (Wildman–Crippen MR) is 119 cm³/mol. The number of methoxy groups -OCH3 is 1. The largest absolute Gasteiger partial charge is 0.493 e. The minimum Gasteiger partial charge on any atom is -0.493 e. The van der Waals surface area contributed by atoms with Gasteiger partial charge in [-0.05, 0) is 44.6 Å². The summed E-state index contributed by atoms with van der Waals surface area (Å²) in [7, 11) is 3.39. The molecule has 166 valence electrons. The molecule has 1 aromatic heterocycles. The number of hydrogen-bond acceptors (Lipinski definition) is 6. The van der Waals surface area contributed by atoms with E-state index in [-0.39, 0.29) is 0 Å². The monoisotopic (exact) mass is 417 g/mol. The van der Waals surface area contributed by atoms with Gasteiger partial charge in [0.1, 0.15) is 12.4 Å². The molecular weight excluding hydrogens is 382 g/mol. The van der Waals surface area contributed by atoms with Crippen molar-refractivity contribution in [2.75, 3.05) is 40.4 Å². The van der Waals surface area contributed by atoms with Crippen LogP contribution < -0.4 is 20.1 Å². The molecule has 0 aliphatic rings. The lowest BCUT2D eigenvalue weighted by Crippen LogP contribution is -2.36. The fourth-order valence-electron chi connectivity index (χ4n) is 2.95. The Morgan fingerprint density at radius 3 is 2.47 bits per heavy atom. The van der Waals surface area contributed by atoms with Crippen molar-refractivity contribution in [1.82, 2.24) is 20.5 Å². The Hall–Kier alpha value is -2.74. The number of ether oxygens (including phenoxy) is 2. The van der Waals surface area contributed by atoms with Crippen LogP contribution in [0.4, 0.5) is 0 Å². The fourth-order valence-corrected chi connectivity index (χ4v) is 2.95. The minimum absolute atomic E-state index is 0.469. The highest BCUT2D eigenvalue weighted by atomic mass is 16.5. The SMILES string of the molecule is CCN(CC)CCOc1ccc(CNC(=NC)NCc2nc(C)c(C)o2)cc1OC. The van der Waals surface area contributed by atoms with Crippen molar-refractivity contribution in [2.45, 2.75) is 40.8 Å². The Kier molecular flexibility index (Phi) is 9.47. The van der Waals surface area contributed by atoms with Crippen LogP contribution in [-0.4, -0.2) is 56.2 Å². The number of hydrogen-bond donors (Lipinski definition) is 2. The van der Waals surface area contributed by atoms with E-state index in [1.54, 1.807) is 14.2 Å². The van der Waals surface area contributed by atoms with Gasteiger partial charge in [-0.1, -0.05) is 19.9 Å². The van der Waals surface area contributed by atoms with Gasteiger partial charge in [0.25, 0.3) is 0 Å². The van der Waals surface area contributed by atoms with Crippen LogP contribution in [0.1, 0.15) is 36.8 Å². The van der Waals surface area contributed by atoms with Gasteiger partial charge in [-0.25, -0.2) is 4.98 Å². The molecule has 0 saturated carbocycles. The van der Waals surface area contributed by atoms with Gasteiger partial charge in [-0.15, -0.1) is 0 Å². The van der Waals surface area contributed by atoms with E-state index in [9.17, 15) is 0 Å². The first-order valence-electron chi connectivity index (χ1n) is 10.4. The molecule has 0 aliphatic heterocycles. The molecule has 0 atom stereocenters. The van der Waals surface area contributed by atoms with Crippen LogP contribution in [0.25, 0.3) is 0 Å². The second-order valence-corrected chi connectivity index (χ2v) is 6.89. The molecule has 0 aliphatic carbocycles. The lowest BCUT2D eigenvalue weighted by Gasteiger charge is -2.19. The van der Waals surface area contributed by atoms with Gasteiger partial charge in [0, 0.05) is 20.1 Å². The number of oxazole rings is 1. The summed E-state index contributed by atoms with van der Waals surface area (Å²) in [5.41, 5.74) is 1.97. The Morgan fingerprint density at radius 2 is 1.87 bits per heavy atom. The molecule has 8 heteroatoms. The highest BCUT2D eigenvalue weighted by Crippen LogP contribution is 2.28. The van der Waals surface area contributed by atoms with Crippen molar-refractivity contribution < 1.29 is 13.9 Å². The first-order chi connectivity index (χ1) is 14.5. The fraction of sp³-hybridized carbons (Fsp3) is 0.545. The zero-order valence-electron chi connectivity index (χ0n) is 19.0. The number of likely N-dealkylation sites (N-methyl/N-ethyl adjacent to an activating group) is 1. The molecule has 0 radical (unpaired) electrons. The van der Waals surface area contributed by atoms with Crippen molar-refractivity contribution in [2.24, 2.45) is 4.99 Å². The van der Waals surface area contributed by atoms with E-state index >= 15 is 0 Å². The van der Waals surface area contributed by atoms with Gasteiger partial charge in [-0.2, -0.15) is 0 Å². The van der Waals surface area contributed by atoms with Crippen molar-refractivity contribution in [1.29, 1.82) is 0 Å². The van der Waals surface area contributed by atoms with E-state index in [1.165, 1.54) is 0 Å². The number of rotatable bonds is 11. The van der Waals surface area contributed by atoms with E-state index in [4.69, 9.17) is 13.9 Å². The third-order valence-corrected chi connectivity index (χ3v) is 4.95. The molecular formula is C22H35N5O3. The lowest BCUT2D eigenvalue weighted by molar-refractivity contribution is 0.217. The van der Waals surface area contributed by atoms with Gasteiger partial charge in [-0.3, -0.25) is 4.99 Å².